The van der Waals surface area contributed by atoms with Crippen molar-refractivity contribution in [1.82, 2.24) is 15.0 Å². The zero-order valence-electron chi connectivity index (χ0n) is 15.8. The Morgan fingerprint density at radius 2 is 1.79 bits per heavy atom. The minimum absolute atomic E-state index is 0.134. The third-order valence-corrected chi connectivity index (χ3v) is 3.95. The number of nitrogens with one attached hydrogen (secondary N) is 2. The van der Waals surface area contributed by atoms with E-state index in [0.717, 1.165) is 29.0 Å². The number of halogens is 3. The minimum atomic E-state index is -4.54. The first-order chi connectivity index (χ1) is 13.7. The molecular weight excluding hydrogens is 383 g/mol. The molecule has 0 fully saturated rings. The van der Waals surface area contributed by atoms with Gasteiger partial charge in [0.15, 0.2) is 0 Å². The average Bonchev–Trinajstić information content (AvgIpc) is 2.66. The highest BCUT2D eigenvalue weighted by Crippen LogP contribution is 2.29. The fourth-order valence-corrected chi connectivity index (χ4v) is 2.69. The largest absolute Gasteiger partial charge is 0.433 e. The maximum atomic E-state index is 12.9. The van der Waals surface area contributed by atoms with Crippen molar-refractivity contribution in [2.45, 2.75) is 26.1 Å². The summed E-state index contributed by atoms with van der Waals surface area (Å²) in [4.78, 5) is 11.6. The van der Waals surface area contributed by atoms with Crippen LogP contribution in [0.25, 0.3) is 11.1 Å². The molecule has 0 aliphatic heterocycles. The van der Waals surface area contributed by atoms with Gasteiger partial charge in [-0.2, -0.15) is 13.2 Å². The highest BCUT2D eigenvalue weighted by Gasteiger charge is 2.32. The molecule has 0 aliphatic carbocycles. The molecule has 0 aliphatic rings. The van der Waals surface area contributed by atoms with Gasteiger partial charge >= 0.3 is 6.18 Å². The van der Waals surface area contributed by atoms with Crippen LogP contribution in [0.2, 0.25) is 0 Å². The summed E-state index contributed by atoms with van der Waals surface area (Å²) in [5, 5.41) is 15.3. The molecule has 0 bridgehead atoms. The standard InChI is InChI=1S/C20H20F3N5O/c1-12-7-15(14-3-5-24-18(10-14)26-11-13(2)29)9-16(8-12)27-19-25-6-4-17(28-19)20(21,22)23/h3-10,13,29H,11H2,1-2H3,(H,24,26)(H,25,27,28)/t13-/m1/s1. The summed E-state index contributed by atoms with van der Waals surface area (Å²) in [6, 6.07) is 10.0. The number of anilines is 3. The zero-order valence-corrected chi connectivity index (χ0v) is 15.8. The number of aliphatic hydroxyl groups excluding tert-OH is 1. The van der Waals surface area contributed by atoms with Crippen molar-refractivity contribution in [2.75, 3.05) is 17.2 Å². The summed E-state index contributed by atoms with van der Waals surface area (Å²) in [5.74, 6) is 0.478. The van der Waals surface area contributed by atoms with Crippen LogP contribution in [0.4, 0.5) is 30.6 Å². The van der Waals surface area contributed by atoms with Gasteiger partial charge in [0.2, 0.25) is 5.95 Å². The fraction of sp³-hybridized carbons (Fsp3) is 0.250. The second-order valence-electron chi connectivity index (χ2n) is 6.64. The average molecular weight is 403 g/mol. The van der Waals surface area contributed by atoms with Crippen LogP contribution < -0.4 is 10.6 Å². The van der Waals surface area contributed by atoms with E-state index in [9.17, 15) is 18.3 Å². The van der Waals surface area contributed by atoms with Crippen LogP contribution in [0, 0.1) is 6.92 Å². The summed E-state index contributed by atoms with van der Waals surface area (Å²) in [6.45, 7) is 3.92. The molecule has 1 aromatic carbocycles. The molecule has 29 heavy (non-hydrogen) atoms. The van der Waals surface area contributed by atoms with E-state index in [0.29, 0.717) is 18.1 Å². The first kappa shape index (κ1) is 20.5. The number of rotatable bonds is 6. The van der Waals surface area contributed by atoms with Crippen LogP contribution >= 0.6 is 0 Å². The van der Waals surface area contributed by atoms with Crippen LogP contribution in [-0.4, -0.2) is 32.7 Å². The molecule has 0 spiro atoms. The van der Waals surface area contributed by atoms with Crippen molar-refractivity contribution in [1.29, 1.82) is 0 Å². The van der Waals surface area contributed by atoms with Crippen molar-refractivity contribution in [3.05, 3.63) is 60.0 Å². The summed E-state index contributed by atoms with van der Waals surface area (Å²) in [5.41, 5.74) is 2.18. The van der Waals surface area contributed by atoms with Crippen LogP contribution in [0.1, 0.15) is 18.2 Å². The Balaban J connectivity index is 1.87. The van der Waals surface area contributed by atoms with E-state index in [1.165, 1.54) is 0 Å². The van der Waals surface area contributed by atoms with Gasteiger partial charge in [0, 0.05) is 24.6 Å². The molecule has 0 amide bonds. The molecular formula is C20H20F3N5O. The number of aliphatic hydroxyl groups is 1. The van der Waals surface area contributed by atoms with Crippen LogP contribution in [0.5, 0.6) is 0 Å². The van der Waals surface area contributed by atoms with Gasteiger partial charge in [-0.25, -0.2) is 15.0 Å². The van der Waals surface area contributed by atoms with Crippen LogP contribution in [0.3, 0.4) is 0 Å². The quantitative estimate of drug-likeness (QED) is 0.566. The topological polar surface area (TPSA) is 83.0 Å². The normalized spacial score (nSPS) is 12.5. The smallest absolute Gasteiger partial charge is 0.392 e. The zero-order chi connectivity index (χ0) is 21.0. The molecule has 3 N–H and O–H groups in total. The molecule has 9 heteroatoms. The second kappa shape index (κ2) is 8.44. The van der Waals surface area contributed by atoms with Crippen molar-refractivity contribution >= 4 is 17.5 Å². The predicted molar refractivity (Wildman–Crippen MR) is 105 cm³/mol. The van der Waals surface area contributed by atoms with Gasteiger partial charge in [0.1, 0.15) is 11.5 Å². The maximum Gasteiger partial charge on any atom is 0.433 e. The third kappa shape index (κ3) is 5.64. The van der Waals surface area contributed by atoms with E-state index in [2.05, 4.69) is 25.6 Å². The Morgan fingerprint density at radius 3 is 2.52 bits per heavy atom. The summed E-state index contributed by atoms with van der Waals surface area (Å²) < 4.78 is 38.6. The monoisotopic (exact) mass is 403 g/mol. The Bertz CT molecular complexity index is 992. The first-order valence-electron chi connectivity index (χ1n) is 8.88. The molecule has 1 atom stereocenters. The Hall–Kier alpha value is -3.20. The van der Waals surface area contributed by atoms with Gasteiger partial charge in [-0.1, -0.05) is 6.07 Å². The summed E-state index contributed by atoms with van der Waals surface area (Å²) >= 11 is 0. The molecule has 3 aromatic rings. The molecule has 152 valence electrons. The lowest BCUT2D eigenvalue weighted by atomic mass is 10.0. The summed E-state index contributed by atoms with van der Waals surface area (Å²) in [6.07, 6.45) is -2.34. The van der Waals surface area contributed by atoms with E-state index in [-0.39, 0.29) is 5.95 Å². The lowest BCUT2D eigenvalue weighted by Crippen LogP contribution is -2.15. The molecule has 0 unspecified atom stereocenters. The number of alkyl halides is 3. The highest BCUT2D eigenvalue weighted by molar-refractivity contribution is 5.72. The van der Waals surface area contributed by atoms with E-state index < -0.39 is 18.0 Å². The van der Waals surface area contributed by atoms with E-state index in [1.807, 2.05) is 25.1 Å². The Kier molecular flexibility index (Phi) is 5.97. The number of aryl methyl sites for hydroxylation is 1. The van der Waals surface area contributed by atoms with Crippen molar-refractivity contribution < 1.29 is 18.3 Å². The number of hydrogen-bond donors (Lipinski definition) is 3. The van der Waals surface area contributed by atoms with Crippen molar-refractivity contribution in [3.63, 3.8) is 0 Å². The Morgan fingerprint density at radius 1 is 1.03 bits per heavy atom. The van der Waals surface area contributed by atoms with Gasteiger partial charge in [0.05, 0.1) is 6.10 Å². The number of benzene rings is 1. The van der Waals surface area contributed by atoms with Gasteiger partial charge < -0.3 is 15.7 Å². The van der Waals surface area contributed by atoms with E-state index >= 15 is 0 Å². The first-order valence-corrected chi connectivity index (χ1v) is 8.88. The highest BCUT2D eigenvalue weighted by atomic mass is 19.4. The lowest BCUT2D eigenvalue weighted by molar-refractivity contribution is -0.141. The molecule has 6 nitrogen and oxygen atoms in total. The van der Waals surface area contributed by atoms with E-state index in [4.69, 9.17) is 0 Å². The maximum absolute atomic E-state index is 12.9. The predicted octanol–water partition coefficient (Wildman–Crippen LogP) is 4.40. The second-order valence-corrected chi connectivity index (χ2v) is 6.64. The molecule has 0 saturated carbocycles. The SMILES string of the molecule is Cc1cc(Nc2nccc(C(F)(F)F)n2)cc(-c2ccnc(NC[C@@H](C)O)c2)c1. The van der Waals surface area contributed by atoms with E-state index in [1.54, 1.807) is 25.3 Å². The number of pyridine rings is 1. The molecule has 0 saturated heterocycles. The lowest BCUT2D eigenvalue weighted by Gasteiger charge is -2.12. The van der Waals surface area contributed by atoms with Crippen molar-refractivity contribution in [3.8, 4) is 11.1 Å². The molecule has 2 aromatic heterocycles. The Labute approximate surface area is 165 Å². The van der Waals surface area contributed by atoms with Crippen LogP contribution in [-0.2, 0) is 6.18 Å². The van der Waals surface area contributed by atoms with Gasteiger partial charge in [-0.15, -0.1) is 0 Å². The minimum Gasteiger partial charge on any atom is -0.392 e. The number of hydrogen-bond acceptors (Lipinski definition) is 6. The van der Waals surface area contributed by atoms with Crippen molar-refractivity contribution in [2.24, 2.45) is 0 Å². The van der Waals surface area contributed by atoms with Gasteiger partial charge in [-0.3, -0.25) is 0 Å². The molecule has 3 rings (SSSR count). The summed E-state index contributed by atoms with van der Waals surface area (Å²) in [7, 11) is 0. The number of nitrogens with zero attached hydrogens (tertiary/aromatic N) is 3. The van der Waals surface area contributed by atoms with Crippen LogP contribution in [0.15, 0.2) is 48.8 Å². The fourth-order valence-electron chi connectivity index (χ4n) is 2.69. The van der Waals surface area contributed by atoms with Gasteiger partial charge in [0.25, 0.3) is 0 Å². The third-order valence-electron chi connectivity index (χ3n) is 3.95. The molecule has 0 radical (unpaired) electrons. The molecule has 2 heterocycles. The van der Waals surface area contributed by atoms with Gasteiger partial charge in [-0.05, 0) is 60.9 Å². The number of aromatic nitrogens is 3.